The fraction of sp³-hybridized carbons (Fsp3) is 0.310. The molecule has 3 aromatic rings. The molecule has 0 saturated heterocycles. The van der Waals surface area contributed by atoms with Crippen LogP contribution < -0.4 is 10.4 Å². The van der Waals surface area contributed by atoms with Crippen molar-refractivity contribution < 1.29 is 18.7 Å². The Bertz CT molecular complexity index is 1470. The standard InChI is InChI=1S/C29H29NO5/c1-15-7-9-21(18(4)11-15)26(31)24(28(32)35-27-19(5)12-17(3)13-20(27)6)25-29(33)34-23-10-8-16(2)14-22(23)30-25/h7-8,10,12-14,24H,9,11H2,1-6H3. The lowest BCUT2D eigenvalue weighted by Gasteiger charge is -2.21. The van der Waals surface area contributed by atoms with Gasteiger partial charge >= 0.3 is 11.6 Å². The number of ketones is 1. The molecule has 1 aliphatic rings. The summed E-state index contributed by atoms with van der Waals surface area (Å²) in [4.78, 5) is 44.9. The van der Waals surface area contributed by atoms with Crippen molar-refractivity contribution in [3.05, 3.63) is 91.5 Å². The van der Waals surface area contributed by atoms with E-state index in [1.807, 2.05) is 59.8 Å². The number of rotatable bonds is 5. The second-order valence-corrected chi connectivity index (χ2v) is 9.49. The molecule has 0 amide bonds. The van der Waals surface area contributed by atoms with Crippen LogP contribution in [0.15, 0.2) is 62.3 Å². The minimum Gasteiger partial charge on any atom is -0.425 e. The van der Waals surface area contributed by atoms with Crippen LogP contribution >= 0.6 is 0 Å². The Labute approximate surface area is 204 Å². The van der Waals surface area contributed by atoms with Gasteiger partial charge in [-0.2, -0.15) is 0 Å². The van der Waals surface area contributed by atoms with Crippen molar-refractivity contribution in [1.82, 2.24) is 4.98 Å². The molecule has 0 aliphatic heterocycles. The lowest BCUT2D eigenvalue weighted by Crippen LogP contribution is -2.33. The van der Waals surface area contributed by atoms with Crippen molar-refractivity contribution in [2.75, 3.05) is 0 Å². The van der Waals surface area contributed by atoms with Gasteiger partial charge in [0.1, 0.15) is 17.0 Å². The third kappa shape index (κ3) is 4.87. The molecule has 6 heteroatoms. The van der Waals surface area contributed by atoms with Gasteiger partial charge in [-0.25, -0.2) is 9.78 Å². The van der Waals surface area contributed by atoms with E-state index in [0.29, 0.717) is 35.3 Å². The average molecular weight is 472 g/mol. The van der Waals surface area contributed by atoms with Crippen LogP contribution in [0.5, 0.6) is 5.75 Å². The lowest BCUT2D eigenvalue weighted by molar-refractivity contribution is -0.139. The van der Waals surface area contributed by atoms with Gasteiger partial charge in [-0.3, -0.25) is 9.59 Å². The second-order valence-electron chi connectivity index (χ2n) is 9.49. The molecule has 1 unspecified atom stereocenters. The van der Waals surface area contributed by atoms with Crippen LogP contribution in [-0.4, -0.2) is 16.7 Å². The van der Waals surface area contributed by atoms with Gasteiger partial charge in [0.2, 0.25) is 0 Å². The van der Waals surface area contributed by atoms with E-state index in [0.717, 1.165) is 33.4 Å². The first-order valence-corrected chi connectivity index (χ1v) is 11.6. The normalized spacial score (nSPS) is 14.6. The highest BCUT2D eigenvalue weighted by molar-refractivity contribution is 6.13. The second kappa shape index (κ2) is 9.45. The number of aryl methyl sites for hydroxylation is 4. The molecule has 0 saturated carbocycles. The number of hydrogen-bond acceptors (Lipinski definition) is 6. The van der Waals surface area contributed by atoms with Crippen molar-refractivity contribution >= 4 is 22.9 Å². The first-order chi connectivity index (χ1) is 16.5. The Morgan fingerprint density at radius 3 is 2.31 bits per heavy atom. The number of allylic oxidation sites excluding steroid dienone is 4. The van der Waals surface area contributed by atoms with Crippen LogP contribution in [0.25, 0.3) is 11.1 Å². The molecule has 0 spiro atoms. The van der Waals surface area contributed by atoms with E-state index in [-0.39, 0.29) is 5.69 Å². The Balaban J connectivity index is 1.85. The molecule has 1 aliphatic carbocycles. The summed E-state index contributed by atoms with van der Waals surface area (Å²) >= 11 is 0. The van der Waals surface area contributed by atoms with Crippen LogP contribution in [0.1, 0.15) is 60.6 Å². The summed E-state index contributed by atoms with van der Waals surface area (Å²) in [5.41, 5.74) is 5.61. The number of Topliss-reactive ketones (excluding diaryl/α,β-unsaturated/α-hetero) is 1. The maximum atomic E-state index is 13.8. The van der Waals surface area contributed by atoms with Gasteiger partial charge in [0.25, 0.3) is 0 Å². The number of nitrogens with zero attached hydrogens (tertiary/aromatic N) is 1. The topological polar surface area (TPSA) is 86.5 Å². The third-order valence-electron chi connectivity index (χ3n) is 6.36. The predicted octanol–water partition coefficient (Wildman–Crippen LogP) is 5.74. The third-order valence-corrected chi connectivity index (χ3v) is 6.36. The molecule has 1 aromatic heterocycles. The Hall–Kier alpha value is -3.80. The minimum absolute atomic E-state index is 0.257. The van der Waals surface area contributed by atoms with Gasteiger partial charge in [-0.05, 0) is 88.8 Å². The van der Waals surface area contributed by atoms with Crippen molar-refractivity contribution in [1.29, 1.82) is 0 Å². The Morgan fingerprint density at radius 1 is 0.971 bits per heavy atom. The van der Waals surface area contributed by atoms with Crippen molar-refractivity contribution in [2.45, 2.75) is 60.3 Å². The maximum Gasteiger partial charge on any atom is 0.359 e. The molecule has 4 rings (SSSR count). The quantitative estimate of drug-likeness (QED) is 0.204. The van der Waals surface area contributed by atoms with Crippen LogP contribution in [0.3, 0.4) is 0 Å². The number of aromatic nitrogens is 1. The monoisotopic (exact) mass is 471 g/mol. The maximum absolute atomic E-state index is 13.8. The number of hydrogen-bond donors (Lipinski definition) is 0. The molecule has 1 heterocycles. The SMILES string of the molecule is CC1=CCC(C(=O)C(C(=O)Oc2c(C)cc(C)cc2C)c2nc3cc(C)ccc3oc2=O)=C(C)C1. The molecular weight excluding hydrogens is 442 g/mol. The van der Waals surface area contributed by atoms with E-state index in [4.69, 9.17) is 9.15 Å². The number of esters is 1. The van der Waals surface area contributed by atoms with Crippen molar-refractivity contribution in [3.63, 3.8) is 0 Å². The van der Waals surface area contributed by atoms with Crippen LogP contribution in [0.2, 0.25) is 0 Å². The van der Waals surface area contributed by atoms with E-state index in [1.165, 1.54) is 0 Å². The minimum atomic E-state index is -1.53. The number of benzene rings is 2. The van der Waals surface area contributed by atoms with E-state index in [2.05, 4.69) is 4.98 Å². The fourth-order valence-electron chi connectivity index (χ4n) is 4.67. The van der Waals surface area contributed by atoms with Crippen LogP contribution in [0.4, 0.5) is 0 Å². The highest BCUT2D eigenvalue weighted by Crippen LogP contribution is 2.32. The van der Waals surface area contributed by atoms with Crippen molar-refractivity contribution in [2.24, 2.45) is 0 Å². The zero-order valence-corrected chi connectivity index (χ0v) is 20.9. The van der Waals surface area contributed by atoms with Crippen LogP contribution in [0, 0.1) is 27.7 Å². The highest BCUT2D eigenvalue weighted by Gasteiger charge is 2.38. The lowest BCUT2D eigenvalue weighted by atomic mass is 9.85. The molecule has 35 heavy (non-hydrogen) atoms. The van der Waals surface area contributed by atoms with E-state index in [9.17, 15) is 14.4 Å². The predicted molar refractivity (Wildman–Crippen MR) is 135 cm³/mol. The smallest absolute Gasteiger partial charge is 0.359 e. The van der Waals surface area contributed by atoms with Gasteiger partial charge in [0.15, 0.2) is 17.3 Å². The Kier molecular flexibility index (Phi) is 6.57. The van der Waals surface area contributed by atoms with Gasteiger partial charge in [0, 0.05) is 0 Å². The summed E-state index contributed by atoms with van der Waals surface area (Å²) in [5, 5.41) is 0. The summed E-state index contributed by atoms with van der Waals surface area (Å²) in [7, 11) is 0. The molecule has 0 fully saturated rings. The summed E-state index contributed by atoms with van der Waals surface area (Å²) in [6.45, 7) is 11.4. The summed E-state index contributed by atoms with van der Waals surface area (Å²) < 4.78 is 11.3. The molecule has 2 aromatic carbocycles. The van der Waals surface area contributed by atoms with E-state index in [1.54, 1.807) is 18.2 Å². The van der Waals surface area contributed by atoms with Crippen LogP contribution in [-0.2, 0) is 9.59 Å². The zero-order chi connectivity index (χ0) is 25.4. The van der Waals surface area contributed by atoms with Crippen molar-refractivity contribution in [3.8, 4) is 5.75 Å². The molecule has 0 N–H and O–H groups in total. The summed E-state index contributed by atoms with van der Waals surface area (Å²) in [6.07, 6.45) is 3.00. The van der Waals surface area contributed by atoms with E-state index < -0.39 is 23.3 Å². The number of carbonyl (C=O) groups is 2. The zero-order valence-electron chi connectivity index (χ0n) is 20.9. The highest BCUT2D eigenvalue weighted by atomic mass is 16.5. The fourth-order valence-corrected chi connectivity index (χ4v) is 4.67. The number of carbonyl (C=O) groups excluding carboxylic acids is 2. The average Bonchev–Trinajstić information content (AvgIpc) is 2.77. The van der Waals surface area contributed by atoms with Gasteiger partial charge in [0.05, 0.1) is 0 Å². The molecular formula is C29H29NO5. The first kappa shape index (κ1) is 24.3. The largest absolute Gasteiger partial charge is 0.425 e. The molecule has 1 atom stereocenters. The summed E-state index contributed by atoms with van der Waals surface area (Å²) in [6, 6.07) is 9.01. The molecule has 0 bridgehead atoms. The Morgan fingerprint density at radius 2 is 1.66 bits per heavy atom. The summed E-state index contributed by atoms with van der Waals surface area (Å²) in [5.74, 6) is -2.48. The van der Waals surface area contributed by atoms with Gasteiger partial charge in [-0.1, -0.05) is 41.0 Å². The van der Waals surface area contributed by atoms with Gasteiger partial charge in [-0.15, -0.1) is 0 Å². The van der Waals surface area contributed by atoms with E-state index >= 15 is 0 Å². The molecule has 6 nitrogen and oxygen atoms in total. The molecule has 180 valence electrons. The first-order valence-electron chi connectivity index (χ1n) is 11.6. The molecule has 0 radical (unpaired) electrons. The van der Waals surface area contributed by atoms with Gasteiger partial charge < -0.3 is 9.15 Å². The number of ether oxygens (including phenoxy) is 1. The number of fused-ring (bicyclic) bond motifs is 1.